The average molecular weight is 437 g/mol. The number of unbranched alkanes of at least 4 members (excludes halogenated alkanes) is 3. The fourth-order valence-corrected chi connectivity index (χ4v) is 8.53. The van der Waals surface area contributed by atoms with Gasteiger partial charge in [0.15, 0.2) is 0 Å². The van der Waals surface area contributed by atoms with E-state index in [2.05, 4.69) is 38.8 Å². The number of hydrogen-bond donors (Lipinski definition) is 0. The van der Waals surface area contributed by atoms with Gasteiger partial charge in [0, 0.05) is 0 Å². The summed E-state index contributed by atoms with van der Waals surface area (Å²) in [5.74, 6) is 0. The van der Waals surface area contributed by atoms with E-state index in [-0.39, 0.29) is 0 Å². The molecule has 0 fully saturated rings. The van der Waals surface area contributed by atoms with Gasteiger partial charge in [-0.2, -0.15) is 0 Å². The van der Waals surface area contributed by atoms with Gasteiger partial charge < -0.3 is 0 Å². The van der Waals surface area contributed by atoms with E-state index in [1.165, 1.54) is 0 Å². The molecular formula is C12H27IO3Zr. The molecule has 0 saturated carbocycles. The molecular weight excluding hydrogens is 410 g/mol. The van der Waals surface area contributed by atoms with Crippen LogP contribution in [0.2, 0.25) is 0 Å². The van der Waals surface area contributed by atoms with E-state index in [9.17, 15) is 0 Å². The van der Waals surface area contributed by atoms with Gasteiger partial charge in [-0.05, 0) is 0 Å². The molecule has 0 amide bonds. The Kier molecular flexibility index (Phi) is 13.6. The van der Waals surface area contributed by atoms with Crippen molar-refractivity contribution in [2.24, 2.45) is 0 Å². The summed E-state index contributed by atoms with van der Waals surface area (Å²) in [5, 5.41) is 0. The maximum atomic E-state index is 5.92. The van der Waals surface area contributed by atoms with Crippen LogP contribution < -0.4 is 0 Å². The molecule has 0 heterocycles. The molecule has 0 N–H and O–H groups in total. The molecule has 3 nitrogen and oxygen atoms in total. The molecule has 0 aromatic heterocycles. The molecule has 0 atom stereocenters. The van der Waals surface area contributed by atoms with Gasteiger partial charge in [-0.3, -0.25) is 0 Å². The Morgan fingerprint density at radius 3 is 1.24 bits per heavy atom. The van der Waals surface area contributed by atoms with E-state index >= 15 is 0 Å². The van der Waals surface area contributed by atoms with Crippen LogP contribution in [0.5, 0.6) is 0 Å². The van der Waals surface area contributed by atoms with Crippen LogP contribution in [-0.4, -0.2) is 19.8 Å². The maximum absolute atomic E-state index is 5.92. The second-order valence-electron chi connectivity index (χ2n) is 4.09. The third-order valence-electron chi connectivity index (χ3n) is 2.32. The van der Waals surface area contributed by atoms with Crippen LogP contribution in [0, 0.1) is 0 Å². The van der Waals surface area contributed by atoms with Crippen LogP contribution in [0.1, 0.15) is 59.3 Å². The summed E-state index contributed by atoms with van der Waals surface area (Å²) in [7, 11) is 0. The summed E-state index contributed by atoms with van der Waals surface area (Å²) in [6, 6.07) is 0. The van der Waals surface area contributed by atoms with Crippen LogP contribution >= 0.6 is 18.0 Å². The Morgan fingerprint density at radius 1 is 0.706 bits per heavy atom. The number of rotatable bonds is 12. The van der Waals surface area contributed by atoms with Crippen molar-refractivity contribution < 1.29 is 25.8 Å². The third-order valence-corrected chi connectivity index (χ3v) is 11.9. The first-order chi connectivity index (χ1) is 8.18. The predicted molar refractivity (Wildman–Crippen MR) is 76.6 cm³/mol. The first-order valence-corrected chi connectivity index (χ1v) is 17.1. The summed E-state index contributed by atoms with van der Waals surface area (Å²) >= 11 is -0.829. The molecule has 0 aliphatic heterocycles. The molecule has 0 aromatic carbocycles. The molecule has 104 valence electrons. The molecule has 5 heteroatoms. The van der Waals surface area contributed by atoms with Gasteiger partial charge in [-0.15, -0.1) is 0 Å². The van der Waals surface area contributed by atoms with Gasteiger partial charge in [0.2, 0.25) is 0 Å². The van der Waals surface area contributed by atoms with Crippen molar-refractivity contribution >= 4 is 18.0 Å². The van der Waals surface area contributed by atoms with Gasteiger partial charge in [0.1, 0.15) is 0 Å². The quantitative estimate of drug-likeness (QED) is 0.328. The van der Waals surface area contributed by atoms with Crippen LogP contribution in [0.15, 0.2) is 0 Å². The molecule has 17 heavy (non-hydrogen) atoms. The summed E-state index contributed by atoms with van der Waals surface area (Å²) in [6.07, 6.45) is 6.75. The Balaban J connectivity index is 3.95. The van der Waals surface area contributed by atoms with E-state index in [1.54, 1.807) is 0 Å². The van der Waals surface area contributed by atoms with Crippen LogP contribution in [0.4, 0.5) is 0 Å². The van der Waals surface area contributed by atoms with E-state index in [0.29, 0.717) is 0 Å². The van der Waals surface area contributed by atoms with Crippen molar-refractivity contribution in [3.8, 4) is 0 Å². The Hall–Kier alpha value is 1.49. The normalized spacial score (nSPS) is 12.0. The van der Waals surface area contributed by atoms with Crippen molar-refractivity contribution in [2.45, 2.75) is 59.3 Å². The predicted octanol–water partition coefficient (Wildman–Crippen LogP) is 4.69. The number of hydrogen-bond acceptors (Lipinski definition) is 3. The zero-order valence-corrected chi connectivity index (χ0v) is 16.1. The van der Waals surface area contributed by atoms with Crippen LogP contribution in [0.3, 0.4) is 0 Å². The minimum atomic E-state index is -3.17. The summed E-state index contributed by atoms with van der Waals surface area (Å²) in [4.78, 5) is 0. The summed E-state index contributed by atoms with van der Waals surface area (Å²) in [5.41, 5.74) is 0. The van der Waals surface area contributed by atoms with Gasteiger partial charge in [-0.25, -0.2) is 0 Å². The fourth-order valence-electron chi connectivity index (χ4n) is 1.14. The summed E-state index contributed by atoms with van der Waals surface area (Å²) < 4.78 is 17.7. The summed E-state index contributed by atoms with van der Waals surface area (Å²) in [6.45, 7) is 8.87. The van der Waals surface area contributed by atoms with Crippen molar-refractivity contribution in [1.82, 2.24) is 0 Å². The fraction of sp³-hybridized carbons (Fsp3) is 1.00. The first kappa shape index (κ1) is 18.5. The molecule has 0 aromatic rings. The third kappa shape index (κ3) is 11.1. The van der Waals surface area contributed by atoms with Gasteiger partial charge in [0.25, 0.3) is 0 Å². The van der Waals surface area contributed by atoms with Gasteiger partial charge >= 0.3 is 123 Å². The first-order valence-electron chi connectivity index (χ1n) is 6.79. The second kappa shape index (κ2) is 12.5. The molecule has 0 bridgehead atoms. The van der Waals surface area contributed by atoms with E-state index in [1.807, 2.05) is 0 Å². The molecule has 0 spiro atoms. The van der Waals surface area contributed by atoms with Crippen molar-refractivity contribution in [1.29, 1.82) is 0 Å². The van der Waals surface area contributed by atoms with Crippen molar-refractivity contribution in [3.63, 3.8) is 0 Å². The van der Waals surface area contributed by atoms with E-state index in [0.717, 1.165) is 58.3 Å². The second-order valence-corrected chi connectivity index (χ2v) is 16.4. The molecule has 0 radical (unpaired) electrons. The zero-order chi connectivity index (χ0) is 13.0. The van der Waals surface area contributed by atoms with E-state index < -0.39 is 17.4 Å². The van der Waals surface area contributed by atoms with Gasteiger partial charge in [0.05, 0.1) is 0 Å². The van der Waals surface area contributed by atoms with Crippen molar-refractivity contribution in [3.05, 3.63) is 0 Å². The molecule has 0 rings (SSSR count). The molecule has 0 unspecified atom stereocenters. The average Bonchev–Trinajstić information content (AvgIpc) is 2.30. The monoisotopic (exact) mass is 436 g/mol. The Labute approximate surface area is 122 Å². The Bertz CT molecular complexity index is 143. The standard InChI is InChI=1S/3C4H9O.HI.Zr/c3*1-2-3-4-5;;/h3*2-4H2,1H3;1H;/q3*-1;;+4/p-1. The van der Waals surface area contributed by atoms with Gasteiger partial charge in [-0.1, -0.05) is 0 Å². The SMILES string of the molecule is CCCC[O][Zr]([I])([O]CCCC)[O]CCCC. The van der Waals surface area contributed by atoms with Crippen molar-refractivity contribution in [2.75, 3.05) is 19.8 Å². The molecule has 0 aliphatic carbocycles. The number of halogens is 1. The van der Waals surface area contributed by atoms with Crippen LogP contribution in [0.25, 0.3) is 0 Å². The zero-order valence-electron chi connectivity index (χ0n) is 11.5. The topological polar surface area (TPSA) is 27.7 Å². The molecule has 0 saturated heterocycles. The molecule has 0 aliphatic rings. The Morgan fingerprint density at radius 2 is 1.00 bits per heavy atom. The van der Waals surface area contributed by atoms with E-state index in [4.69, 9.17) is 8.44 Å². The van der Waals surface area contributed by atoms with Crippen LogP contribution in [-0.2, 0) is 25.8 Å². The minimum absolute atomic E-state index is 0.785.